The van der Waals surface area contributed by atoms with Gasteiger partial charge in [-0.1, -0.05) is 34.6 Å². The first-order chi connectivity index (χ1) is 6.73. The minimum Gasteiger partial charge on any atom is -0.325 e. The maximum Gasteiger partial charge on any atom is 0.319 e. The molecule has 0 radical (unpaired) electrons. The van der Waals surface area contributed by atoms with E-state index in [1.165, 1.54) is 0 Å². The van der Waals surface area contributed by atoms with Crippen LogP contribution in [-0.4, -0.2) is 29.4 Å². The van der Waals surface area contributed by atoms with E-state index < -0.39 is 13.4 Å². The lowest BCUT2D eigenvalue weighted by Gasteiger charge is -1.88. The highest BCUT2D eigenvalue weighted by molar-refractivity contribution is 8.06. The van der Waals surface area contributed by atoms with Crippen LogP contribution in [0.5, 0.6) is 0 Å². The van der Waals surface area contributed by atoms with Crippen molar-refractivity contribution in [2.24, 2.45) is 5.92 Å². The molecule has 0 aromatic rings. The molecule has 0 aliphatic heterocycles. The van der Waals surface area contributed by atoms with E-state index in [1.54, 1.807) is 0 Å². The fourth-order valence-electron chi connectivity index (χ4n) is 0. The van der Waals surface area contributed by atoms with E-state index in [2.05, 4.69) is 44.4 Å². The van der Waals surface area contributed by atoms with E-state index >= 15 is 0 Å². The summed E-state index contributed by atoms with van der Waals surface area (Å²) in [6.07, 6.45) is 0. The summed E-state index contributed by atoms with van der Waals surface area (Å²) < 4.78 is 0. The van der Waals surface area contributed by atoms with Gasteiger partial charge in [0.05, 0.1) is 0 Å². The van der Waals surface area contributed by atoms with Crippen LogP contribution in [-0.2, 0) is 23.6 Å². The number of rotatable bonds is 0. The molecule has 0 spiro atoms. The maximum atomic E-state index is 7.56. The Bertz CT molecular complexity index is 172. The molecule has 0 rings (SSSR count). The highest BCUT2D eigenvalue weighted by atomic mass is 32.5. The third kappa shape index (κ3) is 2650. The molecule has 0 atom stereocenters. The van der Waals surface area contributed by atoms with Crippen molar-refractivity contribution in [1.82, 2.24) is 0 Å². The zero-order chi connectivity index (χ0) is 14.6. The lowest BCUT2D eigenvalue weighted by atomic mass is 10.3. The van der Waals surface area contributed by atoms with Gasteiger partial charge in [-0.15, -0.1) is 0 Å². The lowest BCUT2D eigenvalue weighted by Crippen LogP contribution is -1.66. The molecule has 0 aromatic heterocycles. The quantitative estimate of drug-likeness (QED) is 0.367. The molecule has 10 heteroatoms. The van der Waals surface area contributed by atoms with Crippen molar-refractivity contribution in [3.8, 4) is 0 Å². The third-order valence-electron chi connectivity index (χ3n) is 0. The Morgan fingerprint density at radius 1 is 0.688 bits per heavy atom. The first kappa shape index (κ1) is 25.8. The Kier molecular flexibility index (Phi) is 22.8. The summed E-state index contributed by atoms with van der Waals surface area (Å²) in [4.78, 5) is 45.3. The van der Waals surface area contributed by atoms with Crippen LogP contribution in [0.15, 0.2) is 0 Å². The molecule has 6 nitrogen and oxygen atoms in total. The molecule has 0 aliphatic carbocycles. The van der Waals surface area contributed by atoms with Gasteiger partial charge in [0.15, 0.2) is 0 Å². The predicted molar refractivity (Wildman–Crippen MR) is 73.7 cm³/mol. The van der Waals surface area contributed by atoms with Gasteiger partial charge in [-0.3, -0.25) is 0 Å². The Morgan fingerprint density at radius 3 is 0.688 bits per heavy atom. The molecular weight excluding hydrogens is 294 g/mol. The third-order valence-corrected chi connectivity index (χ3v) is 0. The topological polar surface area (TPSA) is 121 Å². The van der Waals surface area contributed by atoms with Crippen molar-refractivity contribution in [3.63, 3.8) is 0 Å². The van der Waals surface area contributed by atoms with E-state index in [0.717, 1.165) is 5.92 Å². The average molecular weight is 316 g/mol. The van der Waals surface area contributed by atoms with Crippen molar-refractivity contribution in [1.29, 1.82) is 0 Å². The molecule has 0 heterocycles. The summed E-state index contributed by atoms with van der Waals surface area (Å²) in [6.45, 7) is 2.89. The van der Waals surface area contributed by atoms with Gasteiger partial charge in [-0.2, -0.15) is 0 Å². The van der Waals surface area contributed by atoms with Gasteiger partial charge in [0.1, 0.15) is 0 Å². The Balaban J connectivity index is -0.0000000629. The van der Waals surface area contributed by atoms with Crippen LogP contribution in [0.25, 0.3) is 0 Å². The van der Waals surface area contributed by atoms with E-state index in [1.807, 2.05) is 13.8 Å². The highest BCUT2D eigenvalue weighted by Gasteiger charge is 1.92. The summed E-state index contributed by atoms with van der Waals surface area (Å²) in [6, 6.07) is 0. The second kappa shape index (κ2) is 14.1. The maximum absolute atomic E-state index is 7.56. The van der Waals surface area contributed by atoms with Gasteiger partial charge >= 0.3 is 13.4 Å². The number of hydrogen-bond acceptors (Lipinski definition) is 2. The first-order valence-electron chi connectivity index (χ1n) is 4.30. The normalized spacial score (nSPS) is 10.0. The molecule has 0 aromatic carbocycles. The summed E-state index contributed by atoms with van der Waals surface area (Å²) in [5.74, 6) is 0.833. The van der Waals surface area contributed by atoms with E-state index in [-0.39, 0.29) is 0 Å². The van der Waals surface area contributed by atoms with Crippen molar-refractivity contribution in [2.45, 2.75) is 34.6 Å². The molecule has 6 N–H and O–H groups in total. The zero-order valence-electron chi connectivity index (χ0n) is 9.97. The van der Waals surface area contributed by atoms with Crippen LogP contribution in [0.3, 0.4) is 0 Å². The molecular formula is C6H22O6P2S2. The number of hydrogen-bond donors (Lipinski definition) is 6. The van der Waals surface area contributed by atoms with Gasteiger partial charge in [0.2, 0.25) is 0 Å². The fraction of sp³-hybridized carbons (Fsp3) is 1.00. The Hall–Kier alpha value is 1.06. The van der Waals surface area contributed by atoms with Crippen LogP contribution < -0.4 is 0 Å². The monoisotopic (exact) mass is 316 g/mol. The molecule has 0 bridgehead atoms. The Morgan fingerprint density at radius 2 is 0.688 bits per heavy atom. The Labute approximate surface area is 107 Å². The van der Waals surface area contributed by atoms with Crippen LogP contribution in [0, 0.1) is 5.92 Å². The van der Waals surface area contributed by atoms with Gasteiger partial charge in [-0.25, -0.2) is 0 Å². The van der Waals surface area contributed by atoms with E-state index in [0.29, 0.717) is 0 Å². The van der Waals surface area contributed by atoms with Crippen LogP contribution in [0.1, 0.15) is 34.6 Å². The molecule has 16 heavy (non-hydrogen) atoms. The van der Waals surface area contributed by atoms with Gasteiger partial charge in [0.25, 0.3) is 0 Å². The summed E-state index contributed by atoms with van der Waals surface area (Å²) in [5, 5.41) is 0. The summed E-state index contributed by atoms with van der Waals surface area (Å²) in [7, 11) is 0. The van der Waals surface area contributed by atoms with Gasteiger partial charge in [-0.05, 0) is 29.5 Å². The summed E-state index contributed by atoms with van der Waals surface area (Å²) in [5.41, 5.74) is 0. The van der Waals surface area contributed by atoms with Gasteiger partial charge in [0, 0.05) is 0 Å². The van der Waals surface area contributed by atoms with Crippen LogP contribution in [0.2, 0.25) is 0 Å². The van der Waals surface area contributed by atoms with Crippen molar-refractivity contribution in [3.05, 3.63) is 0 Å². The summed E-state index contributed by atoms with van der Waals surface area (Å²) >= 11 is 7.21. The van der Waals surface area contributed by atoms with Crippen molar-refractivity contribution in [2.75, 3.05) is 0 Å². The lowest BCUT2D eigenvalue weighted by molar-refractivity contribution is 0.361. The predicted octanol–water partition coefficient (Wildman–Crippen LogP) is 1.06. The fourth-order valence-corrected chi connectivity index (χ4v) is 0. The van der Waals surface area contributed by atoms with Gasteiger partial charge < -0.3 is 29.4 Å². The van der Waals surface area contributed by atoms with Crippen molar-refractivity contribution >= 4 is 37.1 Å². The van der Waals surface area contributed by atoms with Crippen LogP contribution in [0.4, 0.5) is 0 Å². The molecule has 0 saturated carbocycles. The zero-order valence-corrected chi connectivity index (χ0v) is 13.4. The largest absolute Gasteiger partial charge is 0.325 e. The highest BCUT2D eigenvalue weighted by Crippen LogP contribution is 2.26. The smallest absolute Gasteiger partial charge is 0.319 e. The average Bonchev–Trinajstić information content (AvgIpc) is 1.80. The minimum atomic E-state index is -3.81. The van der Waals surface area contributed by atoms with Crippen molar-refractivity contribution < 1.29 is 29.4 Å². The molecule has 104 valence electrons. The molecule has 0 amide bonds. The van der Waals surface area contributed by atoms with E-state index in [9.17, 15) is 0 Å². The molecule has 0 unspecified atom stereocenters. The minimum absolute atomic E-state index is 0.833. The SMILES string of the molecule is CC.CC(C)C.OP(O)(O)=S.OP(O)(O)=S. The second-order valence-electron chi connectivity index (χ2n) is 2.76. The second-order valence-corrected chi connectivity index (χ2v) is 7.75. The van der Waals surface area contributed by atoms with E-state index in [4.69, 9.17) is 29.4 Å². The standard InChI is InChI=1S/C4H10.C2H6.2H3O3PS/c1-4(2)3;1-2;2*1-4(2,3)5/h4H,1-3H3;1-2H3;2*(H3,1,2,3,5). The molecule has 0 fully saturated rings. The molecule has 0 aliphatic rings. The molecule has 0 saturated heterocycles. The van der Waals surface area contributed by atoms with Crippen LogP contribution >= 0.6 is 13.4 Å². The first-order valence-corrected chi connectivity index (χ1v) is 9.62.